The Kier molecular flexibility index (Phi) is 6.35. The number of aryl methyl sites for hydroxylation is 1. The van der Waals surface area contributed by atoms with Crippen molar-refractivity contribution in [1.29, 1.82) is 0 Å². The van der Waals surface area contributed by atoms with Crippen LogP contribution >= 0.6 is 0 Å². The molecule has 1 saturated heterocycles. The fraction of sp³-hybridized carbons (Fsp3) is 0.379. The van der Waals surface area contributed by atoms with Gasteiger partial charge in [0.1, 0.15) is 5.60 Å². The van der Waals surface area contributed by atoms with Crippen LogP contribution in [0.3, 0.4) is 0 Å². The van der Waals surface area contributed by atoms with Crippen LogP contribution in [-0.2, 0) is 11.2 Å². The lowest BCUT2D eigenvalue weighted by molar-refractivity contribution is -0.0769. The molecule has 0 radical (unpaired) electrons. The second-order valence-corrected chi connectivity index (χ2v) is 10.1. The number of pyridine rings is 2. The molecule has 4 rings (SSSR count). The van der Waals surface area contributed by atoms with Crippen LogP contribution in [-0.4, -0.2) is 33.3 Å². The highest BCUT2D eigenvalue weighted by atomic mass is 16.3. The van der Waals surface area contributed by atoms with E-state index in [0.29, 0.717) is 35.8 Å². The summed E-state index contributed by atoms with van der Waals surface area (Å²) in [4.78, 5) is 8.81. The minimum Gasteiger partial charge on any atom is -0.380 e. The molecule has 34 heavy (non-hydrogen) atoms. The minimum absolute atomic E-state index is 0.392. The van der Waals surface area contributed by atoms with Gasteiger partial charge in [-0.1, -0.05) is 62.9 Å². The molecule has 0 saturated carbocycles. The fourth-order valence-corrected chi connectivity index (χ4v) is 4.51. The van der Waals surface area contributed by atoms with Gasteiger partial charge in [-0.05, 0) is 49.1 Å². The standard InChI is InChI=1S/C29H33N3O2/c1-20(2)23-9-11-24(12-10-23)29(34,27(4)18-31-19-27)25-15-22(16-30-17-25)13-14-28(5,33)26-8-6-7-21(3)32-26/h6-12,15-17,20,31,33-34H,18-19H2,1-5H3/t28?,29-/m0/s1. The molecule has 1 aromatic carbocycles. The van der Waals surface area contributed by atoms with Gasteiger partial charge in [-0.2, -0.15) is 0 Å². The van der Waals surface area contributed by atoms with E-state index in [1.165, 1.54) is 5.56 Å². The third-order valence-electron chi connectivity index (χ3n) is 6.89. The third kappa shape index (κ3) is 4.37. The van der Waals surface area contributed by atoms with E-state index in [1.807, 2.05) is 37.3 Å². The summed E-state index contributed by atoms with van der Waals surface area (Å²) in [5, 5.41) is 26.5. The van der Waals surface area contributed by atoms with E-state index >= 15 is 0 Å². The largest absolute Gasteiger partial charge is 0.380 e. The van der Waals surface area contributed by atoms with Crippen LogP contribution in [0, 0.1) is 24.2 Å². The van der Waals surface area contributed by atoms with Crippen LogP contribution in [0.1, 0.15) is 67.3 Å². The van der Waals surface area contributed by atoms with Crippen molar-refractivity contribution in [3.8, 4) is 11.8 Å². The Balaban J connectivity index is 1.74. The lowest BCUT2D eigenvalue weighted by atomic mass is 9.63. The lowest BCUT2D eigenvalue weighted by Crippen LogP contribution is -2.63. The Bertz CT molecular complexity index is 1230. The number of nitrogens with one attached hydrogen (secondary N) is 1. The van der Waals surface area contributed by atoms with Gasteiger partial charge in [-0.3, -0.25) is 9.97 Å². The summed E-state index contributed by atoms with van der Waals surface area (Å²) < 4.78 is 0. The lowest BCUT2D eigenvalue weighted by Gasteiger charge is -2.52. The summed E-state index contributed by atoms with van der Waals surface area (Å²) >= 11 is 0. The Morgan fingerprint density at radius 2 is 1.74 bits per heavy atom. The maximum Gasteiger partial charge on any atom is 0.165 e. The van der Waals surface area contributed by atoms with Crippen molar-refractivity contribution in [2.24, 2.45) is 5.41 Å². The molecule has 176 valence electrons. The first kappa shape index (κ1) is 24.1. The van der Waals surface area contributed by atoms with E-state index in [1.54, 1.807) is 25.4 Å². The summed E-state index contributed by atoms with van der Waals surface area (Å²) in [6.45, 7) is 11.3. The molecule has 1 fully saturated rings. The summed E-state index contributed by atoms with van der Waals surface area (Å²) in [6.07, 6.45) is 3.37. The molecule has 1 aliphatic heterocycles. The molecule has 5 nitrogen and oxygen atoms in total. The van der Waals surface area contributed by atoms with Gasteiger partial charge in [-0.15, -0.1) is 0 Å². The zero-order valence-electron chi connectivity index (χ0n) is 20.6. The number of aliphatic hydroxyl groups is 2. The van der Waals surface area contributed by atoms with Crippen LogP contribution in [0.25, 0.3) is 0 Å². The summed E-state index contributed by atoms with van der Waals surface area (Å²) in [7, 11) is 0. The van der Waals surface area contributed by atoms with Crippen molar-refractivity contribution < 1.29 is 10.2 Å². The average molecular weight is 456 g/mol. The molecule has 0 amide bonds. The van der Waals surface area contributed by atoms with Crippen molar-refractivity contribution in [2.45, 2.75) is 51.7 Å². The summed E-state index contributed by atoms with van der Waals surface area (Å²) in [5.41, 5.74) is 1.66. The zero-order valence-corrected chi connectivity index (χ0v) is 20.6. The van der Waals surface area contributed by atoms with E-state index in [2.05, 4.69) is 60.0 Å². The SMILES string of the molecule is Cc1cccc(C(C)(O)C#Cc2cncc([C@@](O)(c3ccc(C(C)C)cc3)C3(C)CNC3)c2)n1. The first-order chi connectivity index (χ1) is 16.0. The molecule has 2 aromatic heterocycles. The second-order valence-electron chi connectivity index (χ2n) is 10.1. The Morgan fingerprint density at radius 1 is 1.03 bits per heavy atom. The number of hydrogen-bond donors (Lipinski definition) is 3. The molecule has 1 aliphatic rings. The van der Waals surface area contributed by atoms with Gasteiger partial charge in [0.05, 0.1) is 5.69 Å². The highest BCUT2D eigenvalue weighted by Gasteiger charge is 2.53. The number of hydrogen-bond acceptors (Lipinski definition) is 5. The minimum atomic E-state index is -1.41. The van der Waals surface area contributed by atoms with Crippen LogP contribution in [0.2, 0.25) is 0 Å². The van der Waals surface area contributed by atoms with Gasteiger partial charge in [0.2, 0.25) is 0 Å². The summed E-state index contributed by atoms with van der Waals surface area (Å²) in [6, 6.07) is 15.6. The van der Waals surface area contributed by atoms with Crippen LogP contribution < -0.4 is 5.32 Å². The molecule has 1 unspecified atom stereocenters. The predicted octanol–water partition coefficient (Wildman–Crippen LogP) is 4.01. The van der Waals surface area contributed by atoms with Gasteiger partial charge >= 0.3 is 0 Å². The van der Waals surface area contributed by atoms with E-state index in [4.69, 9.17) is 0 Å². The molecule has 0 aliphatic carbocycles. The maximum atomic E-state index is 12.2. The first-order valence-electron chi connectivity index (χ1n) is 11.7. The Morgan fingerprint density at radius 3 is 2.32 bits per heavy atom. The monoisotopic (exact) mass is 455 g/mol. The van der Waals surface area contributed by atoms with E-state index < -0.39 is 16.6 Å². The molecule has 3 N–H and O–H groups in total. The third-order valence-corrected chi connectivity index (χ3v) is 6.89. The van der Waals surface area contributed by atoms with Gasteiger partial charge in [0.15, 0.2) is 5.60 Å². The second kappa shape index (κ2) is 8.96. The molecule has 0 bridgehead atoms. The van der Waals surface area contributed by atoms with Crippen LogP contribution in [0.4, 0.5) is 0 Å². The Hall–Kier alpha value is -3.04. The van der Waals surface area contributed by atoms with E-state index in [-0.39, 0.29) is 0 Å². The molecule has 0 spiro atoms. The van der Waals surface area contributed by atoms with Crippen LogP contribution in [0.5, 0.6) is 0 Å². The highest BCUT2D eigenvalue weighted by molar-refractivity contribution is 5.45. The Labute approximate surface area is 202 Å². The normalized spacial score (nSPS) is 18.2. The topological polar surface area (TPSA) is 78.3 Å². The zero-order chi connectivity index (χ0) is 24.6. The average Bonchev–Trinajstić information content (AvgIpc) is 2.81. The molecular weight excluding hydrogens is 422 g/mol. The van der Waals surface area contributed by atoms with Crippen molar-refractivity contribution in [3.05, 3.63) is 94.6 Å². The smallest absolute Gasteiger partial charge is 0.165 e. The number of benzene rings is 1. The van der Waals surface area contributed by atoms with Crippen molar-refractivity contribution >= 4 is 0 Å². The molecule has 3 aromatic rings. The van der Waals surface area contributed by atoms with E-state index in [9.17, 15) is 10.2 Å². The molecule has 2 atom stereocenters. The van der Waals surface area contributed by atoms with Crippen molar-refractivity contribution in [2.75, 3.05) is 13.1 Å². The predicted molar refractivity (Wildman–Crippen MR) is 134 cm³/mol. The molecule has 5 heteroatoms. The maximum absolute atomic E-state index is 12.2. The molecular formula is C29H33N3O2. The fourth-order valence-electron chi connectivity index (χ4n) is 4.51. The van der Waals surface area contributed by atoms with Gasteiger partial charge in [0.25, 0.3) is 0 Å². The van der Waals surface area contributed by atoms with Crippen LogP contribution in [0.15, 0.2) is 60.9 Å². The first-order valence-corrected chi connectivity index (χ1v) is 11.7. The van der Waals surface area contributed by atoms with E-state index in [0.717, 1.165) is 11.3 Å². The number of rotatable bonds is 5. The summed E-state index contributed by atoms with van der Waals surface area (Å²) in [5.74, 6) is 6.40. The van der Waals surface area contributed by atoms with Gasteiger partial charge in [0, 0.05) is 47.7 Å². The number of aromatic nitrogens is 2. The van der Waals surface area contributed by atoms with Crippen molar-refractivity contribution in [1.82, 2.24) is 15.3 Å². The van der Waals surface area contributed by atoms with Crippen molar-refractivity contribution in [3.63, 3.8) is 0 Å². The number of nitrogens with zero attached hydrogens (tertiary/aromatic N) is 2. The highest BCUT2D eigenvalue weighted by Crippen LogP contribution is 2.47. The van der Waals surface area contributed by atoms with Gasteiger partial charge < -0.3 is 15.5 Å². The van der Waals surface area contributed by atoms with Gasteiger partial charge in [-0.25, -0.2) is 0 Å². The molecule has 3 heterocycles. The quantitative estimate of drug-likeness (QED) is 0.507.